The first-order valence-corrected chi connectivity index (χ1v) is 8.77. The van der Waals surface area contributed by atoms with Crippen molar-refractivity contribution >= 4 is 17.6 Å². The largest absolute Gasteiger partial charge is 0.347 e. The van der Waals surface area contributed by atoms with Crippen LogP contribution in [0.2, 0.25) is 0 Å². The Morgan fingerprint density at radius 1 is 1.08 bits per heavy atom. The second kappa shape index (κ2) is 12.0. The fourth-order valence-corrected chi connectivity index (χ4v) is 2.42. The number of nitrogens with one attached hydrogen (secondary N) is 2. The molecule has 0 radical (unpaired) electrons. The average molecular weight is 342 g/mol. The van der Waals surface area contributed by atoms with E-state index in [1.165, 1.54) is 0 Å². The molecule has 7 nitrogen and oxygen atoms in total. The molecule has 0 aliphatic heterocycles. The molecule has 0 bridgehead atoms. The molecule has 0 aromatic rings. The molecule has 140 valence electrons. The highest BCUT2D eigenvalue weighted by Crippen LogP contribution is 2.17. The molecule has 0 aliphatic rings. The van der Waals surface area contributed by atoms with E-state index in [1.807, 2.05) is 0 Å². The summed E-state index contributed by atoms with van der Waals surface area (Å²) in [5.74, 6) is -0.683. The van der Waals surface area contributed by atoms with Crippen LogP contribution in [0.15, 0.2) is 0 Å². The predicted molar refractivity (Wildman–Crippen MR) is 95.1 cm³/mol. The van der Waals surface area contributed by atoms with E-state index in [0.717, 1.165) is 12.8 Å². The Balaban J connectivity index is 4.49. The highest BCUT2D eigenvalue weighted by atomic mass is 16.2. The number of nitrogens with two attached hydrogens (primary N) is 2. The smallest absolute Gasteiger partial charge is 0.240 e. The normalized spacial score (nSPS) is 14.8. The van der Waals surface area contributed by atoms with Crippen LogP contribution in [-0.2, 0) is 14.4 Å². The summed E-state index contributed by atoms with van der Waals surface area (Å²) in [5, 5.41) is 5.21. The minimum absolute atomic E-state index is 0.0422. The van der Waals surface area contributed by atoms with Gasteiger partial charge in [-0.2, -0.15) is 0 Å². The number of ketones is 1. The van der Waals surface area contributed by atoms with Gasteiger partial charge in [-0.15, -0.1) is 0 Å². The fourth-order valence-electron chi connectivity index (χ4n) is 2.42. The molecule has 24 heavy (non-hydrogen) atoms. The summed E-state index contributed by atoms with van der Waals surface area (Å²) in [5.41, 5.74) is 11.1. The number of rotatable bonds is 12. The number of carbonyl (C=O) groups is 3. The highest BCUT2D eigenvalue weighted by molar-refractivity contribution is 5.92. The molecule has 6 N–H and O–H groups in total. The molecule has 7 heteroatoms. The van der Waals surface area contributed by atoms with Crippen molar-refractivity contribution in [1.82, 2.24) is 10.6 Å². The fraction of sp³-hybridized carbons (Fsp3) is 0.824. The second-order valence-corrected chi connectivity index (χ2v) is 6.65. The van der Waals surface area contributed by atoms with E-state index >= 15 is 0 Å². The SMILES string of the molecule is CCC(C)CC(CCN)C(=O)NCC(=O)NC(CN)C(=O)C(C)C. The maximum absolute atomic E-state index is 12.2. The predicted octanol–water partition coefficient (Wildman–Crippen LogP) is 0.172. The van der Waals surface area contributed by atoms with Gasteiger partial charge in [0, 0.05) is 18.4 Å². The van der Waals surface area contributed by atoms with Crippen LogP contribution >= 0.6 is 0 Å². The number of hydrogen-bond donors (Lipinski definition) is 4. The van der Waals surface area contributed by atoms with Crippen molar-refractivity contribution in [2.24, 2.45) is 29.2 Å². The van der Waals surface area contributed by atoms with Crippen LogP contribution in [-0.4, -0.2) is 43.3 Å². The third kappa shape index (κ3) is 8.40. The molecule has 0 aromatic carbocycles. The first kappa shape index (κ1) is 22.5. The Labute approximate surface area is 145 Å². The van der Waals surface area contributed by atoms with Crippen molar-refractivity contribution in [3.63, 3.8) is 0 Å². The average Bonchev–Trinajstić information content (AvgIpc) is 2.55. The van der Waals surface area contributed by atoms with Gasteiger partial charge in [0.05, 0.1) is 12.6 Å². The lowest BCUT2D eigenvalue weighted by atomic mass is 9.91. The molecule has 0 saturated carbocycles. The minimum Gasteiger partial charge on any atom is -0.347 e. The summed E-state index contributed by atoms with van der Waals surface area (Å²) < 4.78 is 0. The van der Waals surface area contributed by atoms with E-state index < -0.39 is 11.9 Å². The van der Waals surface area contributed by atoms with Gasteiger partial charge in [0.1, 0.15) is 0 Å². The molecule has 0 aromatic heterocycles. The van der Waals surface area contributed by atoms with Gasteiger partial charge in [0.15, 0.2) is 5.78 Å². The maximum atomic E-state index is 12.2. The van der Waals surface area contributed by atoms with Crippen LogP contribution in [0.4, 0.5) is 0 Å². The van der Waals surface area contributed by atoms with Gasteiger partial charge in [0.2, 0.25) is 11.8 Å². The summed E-state index contributed by atoms with van der Waals surface area (Å²) in [4.78, 5) is 36.1. The maximum Gasteiger partial charge on any atom is 0.240 e. The van der Waals surface area contributed by atoms with Gasteiger partial charge >= 0.3 is 0 Å². The Morgan fingerprint density at radius 2 is 1.71 bits per heavy atom. The Morgan fingerprint density at radius 3 is 2.17 bits per heavy atom. The Bertz CT molecular complexity index is 413. The van der Waals surface area contributed by atoms with Crippen molar-refractivity contribution < 1.29 is 14.4 Å². The zero-order valence-electron chi connectivity index (χ0n) is 15.4. The van der Waals surface area contributed by atoms with E-state index in [0.29, 0.717) is 18.9 Å². The van der Waals surface area contributed by atoms with Gasteiger partial charge in [-0.25, -0.2) is 0 Å². The van der Waals surface area contributed by atoms with E-state index in [1.54, 1.807) is 13.8 Å². The van der Waals surface area contributed by atoms with Crippen molar-refractivity contribution in [3.8, 4) is 0 Å². The molecule has 0 spiro atoms. The molecule has 2 amide bonds. The van der Waals surface area contributed by atoms with Crippen LogP contribution in [0.3, 0.4) is 0 Å². The number of Topliss-reactive ketones (excluding diaryl/α,β-unsaturated/α-hetero) is 1. The van der Waals surface area contributed by atoms with E-state index in [2.05, 4.69) is 24.5 Å². The molecule has 0 aliphatic carbocycles. The van der Waals surface area contributed by atoms with Crippen LogP contribution < -0.4 is 22.1 Å². The molecule has 0 rings (SSSR count). The summed E-state index contributed by atoms with van der Waals surface area (Å²) in [6, 6.07) is -0.714. The first-order chi connectivity index (χ1) is 11.3. The lowest BCUT2D eigenvalue weighted by Gasteiger charge is -2.20. The lowest BCUT2D eigenvalue weighted by molar-refractivity contribution is -0.131. The molecular weight excluding hydrogens is 308 g/mol. The van der Waals surface area contributed by atoms with Crippen LogP contribution in [0.1, 0.15) is 47.0 Å². The van der Waals surface area contributed by atoms with Crippen molar-refractivity contribution in [3.05, 3.63) is 0 Å². The molecule has 3 atom stereocenters. The van der Waals surface area contributed by atoms with Gasteiger partial charge in [0.25, 0.3) is 0 Å². The third-order valence-electron chi connectivity index (χ3n) is 4.18. The van der Waals surface area contributed by atoms with Crippen LogP contribution in [0.5, 0.6) is 0 Å². The second-order valence-electron chi connectivity index (χ2n) is 6.65. The summed E-state index contributed by atoms with van der Waals surface area (Å²) in [6.45, 7) is 7.99. The zero-order valence-corrected chi connectivity index (χ0v) is 15.4. The number of hydrogen-bond acceptors (Lipinski definition) is 5. The van der Waals surface area contributed by atoms with E-state index in [9.17, 15) is 14.4 Å². The van der Waals surface area contributed by atoms with Crippen LogP contribution in [0.25, 0.3) is 0 Å². The summed E-state index contributed by atoms with van der Waals surface area (Å²) >= 11 is 0. The molecule has 0 saturated heterocycles. The molecule has 0 fully saturated rings. The molecule has 0 heterocycles. The van der Waals surface area contributed by atoms with Crippen molar-refractivity contribution in [2.45, 2.75) is 53.0 Å². The Kier molecular flexibility index (Phi) is 11.2. The zero-order chi connectivity index (χ0) is 18.7. The highest BCUT2D eigenvalue weighted by Gasteiger charge is 2.23. The quantitative estimate of drug-likeness (QED) is 0.402. The summed E-state index contributed by atoms with van der Waals surface area (Å²) in [7, 11) is 0. The standard InChI is InChI=1S/C17H34N4O3/c1-5-12(4)8-13(6-7-18)17(24)20-10-15(22)21-14(9-19)16(23)11(2)3/h11-14H,5-10,18-19H2,1-4H3,(H,20,24)(H,21,22). The topological polar surface area (TPSA) is 127 Å². The van der Waals surface area contributed by atoms with Crippen molar-refractivity contribution in [1.29, 1.82) is 0 Å². The minimum atomic E-state index is -0.714. The van der Waals surface area contributed by atoms with Gasteiger partial charge in [-0.1, -0.05) is 34.1 Å². The third-order valence-corrected chi connectivity index (χ3v) is 4.18. The first-order valence-electron chi connectivity index (χ1n) is 8.77. The lowest BCUT2D eigenvalue weighted by Crippen LogP contribution is -2.50. The van der Waals surface area contributed by atoms with Crippen LogP contribution in [0, 0.1) is 17.8 Å². The monoisotopic (exact) mass is 342 g/mol. The number of carbonyl (C=O) groups excluding carboxylic acids is 3. The van der Waals surface area contributed by atoms with Gasteiger partial charge in [-0.05, 0) is 25.3 Å². The van der Waals surface area contributed by atoms with Gasteiger partial charge in [-0.3, -0.25) is 14.4 Å². The summed E-state index contributed by atoms with van der Waals surface area (Å²) in [6.07, 6.45) is 2.33. The molecular formula is C17H34N4O3. The Hall–Kier alpha value is -1.47. The van der Waals surface area contributed by atoms with Gasteiger partial charge < -0.3 is 22.1 Å². The van der Waals surface area contributed by atoms with E-state index in [-0.39, 0.29) is 36.6 Å². The molecule has 3 unspecified atom stereocenters. The van der Waals surface area contributed by atoms with Crippen molar-refractivity contribution in [2.75, 3.05) is 19.6 Å². The van der Waals surface area contributed by atoms with E-state index in [4.69, 9.17) is 11.5 Å². The number of amides is 2.